The van der Waals surface area contributed by atoms with Crippen LogP contribution in [0.1, 0.15) is 21.5 Å². The van der Waals surface area contributed by atoms with Crippen LogP contribution in [-0.4, -0.2) is 78.8 Å². The number of hydrogen-bond donors (Lipinski definition) is 0. The fourth-order valence-corrected chi connectivity index (χ4v) is 5.27. The maximum Gasteiger partial charge on any atom is 0.254 e. The lowest BCUT2D eigenvalue weighted by molar-refractivity contribution is 0.0620. The van der Waals surface area contributed by atoms with Gasteiger partial charge >= 0.3 is 0 Å². The van der Waals surface area contributed by atoms with Crippen LogP contribution in [0.5, 0.6) is 17.2 Å². The quantitative estimate of drug-likeness (QED) is 0.312. The molecule has 2 aliphatic heterocycles. The second-order valence-electron chi connectivity index (χ2n) is 10.4. The Labute approximate surface area is 234 Å². The van der Waals surface area contributed by atoms with E-state index < -0.39 is 0 Å². The van der Waals surface area contributed by atoms with Crippen LogP contribution in [0.4, 0.5) is 0 Å². The highest BCUT2D eigenvalue weighted by Gasteiger charge is 2.24. The Hall–Kier alpha value is -4.14. The summed E-state index contributed by atoms with van der Waals surface area (Å²) in [5, 5.41) is 1.17. The summed E-state index contributed by atoms with van der Waals surface area (Å²) >= 11 is 0. The van der Waals surface area contributed by atoms with Crippen molar-refractivity contribution in [1.82, 2.24) is 19.7 Å². The van der Waals surface area contributed by atoms with Crippen LogP contribution in [0.15, 0.2) is 79.0 Å². The van der Waals surface area contributed by atoms with E-state index in [1.165, 1.54) is 16.5 Å². The Morgan fingerprint density at radius 1 is 0.900 bits per heavy atom. The van der Waals surface area contributed by atoms with Gasteiger partial charge in [0, 0.05) is 63.0 Å². The van der Waals surface area contributed by atoms with Crippen molar-refractivity contribution in [2.75, 3.05) is 53.2 Å². The summed E-state index contributed by atoms with van der Waals surface area (Å²) in [6.45, 7) is 6.46. The molecule has 206 valence electrons. The molecule has 0 atom stereocenters. The number of ether oxygens (including phenoxy) is 3. The van der Waals surface area contributed by atoms with Crippen LogP contribution < -0.4 is 14.2 Å². The summed E-state index contributed by atoms with van der Waals surface area (Å²) in [6.07, 6.45) is 1.83. The molecule has 0 saturated carbocycles. The van der Waals surface area contributed by atoms with Crippen molar-refractivity contribution in [2.24, 2.45) is 0 Å². The van der Waals surface area contributed by atoms with Gasteiger partial charge in [0.05, 0.1) is 5.52 Å². The molecule has 3 heterocycles. The van der Waals surface area contributed by atoms with Crippen molar-refractivity contribution in [3.05, 3.63) is 95.7 Å². The number of pyridine rings is 1. The smallest absolute Gasteiger partial charge is 0.254 e. The lowest BCUT2D eigenvalue weighted by Crippen LogP contribution is -2.49. The van der Waals surface area contributed by atoms with E-state index >= 15 is 0 Å². The van der Waals surface area contributed by atoms with Crippen molar-refractivity contribution in [3.63, 3.8) is 0 Å². The summed E-state index contributed by atoms with van der Waals surface area (Å²) in [4.78, 5) is 23.9. The molecule has 0 N–H and O–H groups in total. The van der Waals surface area contributed by atoms with Crippen molar-refractivity contribution < 1.29 is 19.0 Å². The minimum absolute atomic E-state index is 0.0366. The maximum absolute atomic E-state index is 12.9. The van der Waals surface area contributed by atoms with E-state index in [-0.39, 0.29) is 12.7 Å². The van der Waals surface area contributed by atoms with Gasteiger partial charge in [-0.05, 0) is 66.7 Å². The predicted octanol–water partition coefficient (Wildman–Crippen LogP) is 4.43. The summed E-state index contributed by atoms with van der Waals surface area (Å²) in [5.74, 6) is 2.25. The average molecular weight is 539 g/mol. The molecule has 0 bridgehead atoms. The molecule has 0 radical (unpaired) electrons. The minimum atomic E-state index is 0.0366. The third kappa shape index (κ3) is 6.19. The topological polar surface area (TPSA) is 67.4 Å². The van der Waals surface area contributed by atoms with E-state index in [4.69, 9.17) is 14.2 Å². The highest BCUT2D eigenvalue weighted by atomic mass is 16.7. The fourth-order valence-electron chi connectivity index (χ4n) is 5.27. The van der Waals surface area contributed by atoms with Gasteiger partial charge in [-0.15, -0.1) is 0 Å². The van der Waals surface area contributed by atoms with E-state index in [1.807, 2.05) is 35.4 Å². The largest absolute Gasteiger partial charge is 0.492 e. The number of carbonyl (C=O) groups is 1. The Balaban J connectivity index is 0.915. The Bertz CT molecular complexity index is 1470. The van der Waals surface area contributed by atoms with E-state index in [2.05, 4.69) is 58.2 Å². The van der Waals surface area contributed by atoms with Gasteiger partial charge in [-0.3, -0.25) is 19.6 Å². The lowest BCUT2D eigenvalue weighted by Gasteiger charge is -2.34. The molecule has 0 unspecified atom stereocenters. The predicted molar refractivity (Wildman–Crippen MR) is 154 cm³/mol. The monoisotopic (exact) mass is 538 g/mol. The van der Waals surface area contributed by atoms with Gasteiger partial charge in [-0.1, -0.05) is 24.3 Å². The molecule has 8 nitrogen and oxygen atoms in total. The number of rotatable bonds is 9. The van der Waals surface area contributed by atoms with E-state index in [0.29, 0.717) is 36.8 Å². The Morgan fingerprint density at radius 2 is 1.68 bits per heavy atom. The molecule has 1 aromatic heterocycles. The van der Waals surface area contributed by atoms with Crippen LogP contribution in [-0.2, 0) is 13.1 Å². The third-order valence-corrected chi connectivity index (χ3v) is 7.45. The standard InChI is InChI=1S/C32H34N4O4/c1-34(22-25-6-10-29-26(19-25)3-2-12-33-29)21-24-4-8-28(9-5-24)38-18-17-35-13-15-36(16-14-35)32(37)27-7-11-30-31(20-27)40-23-39-30/h2-12,19-20H,13-18,21-23H2,1H3. The Morgan fingerprint density at radius 3 is 2.52 bits per heavy atom. The highest BCUT2D eigenvalue weighted by molar-refractivity contribution is 5.95. The average Bonchev–Trinajstić information content (AvgIpc) is 3.46. The molecule has 1 amide bonds. The molecule has 0 aliphatic carbocycles. The first-order valence-corrected chi connectivity index (χ1v) is 13.8. The molecule has 1 fully saturated rings. The van der Waals surface area contributed by atoms with Crippen LogP contribution in [0.25, 0.3) is 10.9 Å². The second-order valence-corrected chi connectivity index (χ2v) is 10.4. The third-order valence-electron chi connectivity index (χ3n) is 7.45. The van der Waals surface area contributed by atoms with E-state index in [1.54, 1.807) is 12.1 Å². The molecular formula is C32H34N4O4. The van der Waals surface area contributed by atoms with E-state index in [0.717, 1.165) is 44.0 Å². The zero-order valence-electron chi connectivity index (χ0n) is 22.8. The molecule has 3 aromatic carbocycles. The first-order chi connectivity index (χ1) is 19.6. The maximum atomic E-state index is 12.9. The minimum Gasteiger partial charge on any atom is -0.492 e. The number of nitrogens with zero attached hydrogens (tertiary/aromatic N) is 4. The van der Waals surface area contributed by atoms with Crippen molar-refractivity contribution in [2.45, 2.75) is 13.1 Å². The number of benzene rings is 3. The molecule has 40 heavy (non-hydrogen) atoms. The van der Waals surface area contributed by atoms with E-state index in [9.17, 15) is 4.79 Å². The van der Waals surface area contributed by atoms with Gasteiger partial charge in [-0.25, -0.2) is 0 Å². The lowest BCUT2D eigenvalue weighted by atomic mass is 10.1. The molecule has 2 aliphatic rings. The first-order valence-electron chi connectivity index (χ1n) is 13.8. The zero-order chi connectivity index (χ0) is 27.3. The second kappa shape index (κ2) is 11.9. The molecule has 4 aromatic rings. The highest BCUT2D eigenvalue weighted by Crippen LogP contribution is 2.33. The van der Waals surface area contributed by atoms with Gasteiger partial charge in [-0.2, -0.15) is 0 Å². The number of hydrogen-bond acceptors (Lipinski definition) is 7. The van der Waals surface area contributed by atoms with Crippen LogP contribution in [0.2, 0.25) is 0 Å². The summed E-state index contributed by atoms with van der Waals surface area (Å²) in [5.41, 5.74) is 4.20. The molecule has 6 rings (SSSR count). The van der Waals surface area contributed by atoms with Gasteiger partial charge in [0.25, 0.3) is 5.91 Å². The van der Waals surface area contributed by atoms with Crippen LogP contribution in [0, 0.1) is 0 Å². The molecule has 1 saturated heterocycles. The normalized spacial score (nSPS) is 15.1. The number of aromatic nitrogens is 1. The number of fused-ring (bicyclic) bond motifs is 2. The van der Waals surface area contributed by atoms with Gasteiger partial charge in [0.2, 0.25) is 6.79 Å². The SMILES string of the molecule is CN(Cc1ccc(OCCN2CCN(C(=O)c3ccc4c(c3)OCO4)CC2)cc1)Cc1ccc2ncccc2c1. The van der Waals surface area contributed by atoms with Crippen molar-refractivity contribution in [3.8, 4) is 17.2 Å². The molecular weight excluding hydrogens is 504 g/mol. The summed E-state index contributed by atoms with van der Waals surface area (Å²) in [7, 11) is 2.14. The zero-order valence-corrected chi connectivity index (χ0v) is 22.8. The van der Waals surface area contributed by atoms with Gasteiger partial charge in [0.1, 0.15) is 12.4 Å². The Kier molecular flexibility index (Phi) is 7.79. The van der Waals surface area contributed by atoms with Gasteiger partial charge in [0.15, 0.2) is 11.5 Å². The van der Waals surface area contributed by atoms with Crippen molar-refractivity contribution >= 4 is 16.8 Å². The van der Waals surface area contributed by atoms with Crippen LogP contribution >= 0.6 is 0 Å². The number of piperazine rings is 1. The van der Waals surface area contributed by atoms with Crippen molar-refractivity contribution in [1.29, 1.82) is 0 Å². The molecule has 8 heteroatoms. The van der Waals surface area contributed by atoms with Gasteiger partial charge < -0.3 is 19.1 Å². The number of amides is 1. The van der Waals surface area contributed by atoms with Crippen LogP contribution in [0.3, 0.4) is 0 Å². The fraction of sp³-hybridized carbons (Fsp3) is 0.312. The first kappa shape index (κ1) is 26.1. The number of carbonyl (C=O) groups excluding carboxylic acids is 1. The summed E-state index contributed by atoms with van der Waals surface area (Å²) < 4.78 is 16.8. The molecule has 0 spiro atoms. The summed E-state index contributed by atoms with van der Waals surface area (Å²) in [6, 6.07) is 24.3.